The molecule has 0 fully saturated rings. The maximum Gasteiger partial charge on any atom is 0.102 e. The Hall–Kier alpha value is -2.74. The Balaban J connectivity index is 2.14. The lowest BCUT2D eigenvalue weighted by molar-refractivity contribution is 0.968. The summed E-state index contributed by atoms with van der Waals surface area (Å²) >= 11 is 6.32. The van der Waals surface area contributed by atoms with Crippen LogP contribution in [-0.2, 0) is 6.42 Å². The van der Waals surface area contributed by atoms with Gasteiger partial charge in [0.1, 0.15) is 6.07 Å². The first kappa shape index (κ1) is 16.1. The Morgan fingerprint density at radius 1 is 1.21 bits per heavy atom. The average Bonchev–Trinajstić information content (AvgIpc) is 2.62. The number of halogens is 1. The van der Waals surface area contributed by atoms with Crippen LogP contribution in [0.2, 0.25) is 5.02 Å². The molecule has 1 aromatic heterocycles. The summed E-state index contributed by atoms with van der Waals surface area (Å²) in [5, 5.41) is 10.3. The second-order valence-electron chi connectivity index (χ2n) is 5.37. The van der Waals surface area contributed by atoms with Crippen molar-refractivity contribution in [1.29, 1.82) is 5.26 Å². The van der Waals surface area contributed by atoms with E-state index in [1.54, 1.807) is 0 Å². The van der Waals surface area contributed by atoms with Crippen LogP contribution in [0.1, 0.15) is 11.1 Å². The lowest BCUT2D eigenvalue weighted by atomic mass is 9.99. The minimum atomic E-state index is 0.369. The highest BCUT2D eigenvalue weighted by Gasteiger charge is 2.09. The molecule has 0 bridgehead atoms. The zero-order chi connectivity index (χ0) is 17.1. The number of pyridine rings is 1. The first-order valence-electron chi connectivity index (χ1n) is 7.46. The molecule has 0 aliphatic rings. The number of benzene rings is 2. The topological polar surface area (TPSA) is 75.1 Å². The standard InChI is InChI=1S/C19H15ClN4/c1-23-18-9-14(3-2-12(18)6-7-21)13-4-5-17-16(8-13)19(20)15(10-22)11-24-17/h2-5,8-9,11H,1,6-7,21H2. The van der Waals surface area contributed by atoms with Crippen LogP contribution in [0.3, 0.4) is 0 Å². The number of hydrogen-bond donors (Lipinski definition) is 1. The van der Waals surface area contributed by atoms with Gasteiger partial charge in [-0.2, -0.15) is 5.26 Å². The fourth-order valence-corrected chi connectivity index (χ4v) is 2.92. The molecule has 3 aromatic rings. The molecule has 24 heavy (non-hydrogen) atoms. The number of rotatable bonds is 4. The van der Waals surface area contributed by atoms with E-state index in [4.69, 9.17) is 22.6 Å². The van der Waals surface area contributed by atoms with Crippen molar-refractivity contribution in [2.45, 2.75) is 6.42 Å². The smallest absolute Gasteiger partial charge is 0.102 e. The fraction of sp³-hybridized carbons (Fsp3) is 0.105. The summed E-state index contributed by atoms with van der Waals surface area (Å²) in [6.45, 7) is 4.20. The molecule has 0 radical (unpaired) electrons. The van der Waals surface area contributed by atoms with Gasteiger partial charge in [0.05, 0.1) is 21.8 Å². The SMILES string of the molecule is C=Nc1cc(-c2ccc3ncc(C#N)c(Cl)c3c2)ccc1CCN. The van der Waals surface area contributed by atoms with Crippen molar-refractivity contribution in [2.24, 2.45) is 10.7 Å². The Morgan fingerprint density at radius 2 is 1.96 bits per heavy atom. The molecule has 4 nitrogen and oxygen atoms in total. The Kier molecular flexibility index (Phi) is 4.57. The third kappa shape index (κ3) is 2.88. The molecule has 0 unspecified atom stereocenters. The second kappa shape index (κ2) is 6.79. The van der Waals surface area contributed by atoms with Gasteiger partial charge in [-0.15, -0.1) is 0 Å². The van der Waals surface area contributed by atoms with E-state index in [0.29, 0.717) is 17.1 Å². The molecule has 0 aliphatic heterocycles. The van der Waals surface area contributed by atoms with Gasteiger partial charge >= 0.3 is 0 Å². The molecule has 2 aromatic carbocycles. The molecule has 1 heterocycles. The molecular weight excluding hydrogens is 320 g/mol. The van der Waals surface area contributed by atoms with Gasteiger partial charge in [-0.25, -0.2) is 0 Å². The van der Waals surface area contributed by atoms with Crippen LogP contribution in [0.25, 0.3) is 22.0 Å². The van der Waals surface area contributed by atoms with Gasteiger partial charge in [-0.05, 0) is 54.6 Å². The summed E-state index contributed by atoms with van der Waals surface area (Å²) in [6, 6.07) is 13.9. The molecular formula is C19H15ClN4. The van der Waals surface area contributed by atoms with Crippen LogP contribution in [0.5, 0.6) is 0 Å². The van der Waals surface area contributed by atoms with Crippen molar-refractivity contribution in [2.75, 3.05) is 6.54 Å². The van der Waals surface area contributed by atoms with Gasteiger partial charge in [-0.1, -0.05) is 29.8 Å². The molecule has 0 spiro atoms. The largest absolute Gasteiger partial charge is 0.330 e. The molecule has 0 atom stereocenters. The van der Waals surface area contributed by atoms with Crippen molar-refractivity contribution in [3.8, 4) is 17.2 Å². The van der Waals surface area contributed by atoms with Crippen LogP contribution < -0.4 is 5.73 Å². The lowest BCUT2D eigenvalue weighted by Gasteiger charge is -2.09. The monoisotopic (exact) mass is 334 g/mol. The maximum absolute atomic E-state index is 9.11. The summed E-state index contributed by atoms with van der Waals surface area (Å²) < 4.78 is 0. The predicted octanol–water partition coefficient (Wildman–Crippen LogP) is 4.26. The van der Waals surface area contributed by atoms with Crippen LogP contribution >= 0.6 is 11.6 Å². The highest BCUT2D eigenvalue weighted by atomic mass is 35.5. The summed E-state index contributed by atoms with van der Waals surface area (Å²) in [6.07, 6.45) is 2.25. The van der Waals surface area contributed by atoms with Gasteiger partial charge in [0.2, 0.25) is 0 Å². The van der Waals surface area contributed by atoms with E-state index in [2.05, 4.69) is 22.8 Å². The van der Waals surface area contributed by atoms with Crippen molar-refractivity contribution < 1.29 is 0 Å². The summed E-state index contributed by atoms with van der Waals surface area (Å²) in [5.74, 6) is 0. The fourth-order valence-electron chi connectivity index (χ4n) is 2.68. The van der Waals surface area contributed by atoms with Gasteiger partial charge in [0, 0.05) is 11.6 Å². The number of nitrogens with zero attached hydrogens (tertiary/aromatic N) is 3. The van der Waals surface area contributed by atoms with Crippen molar-refractivity contribution >= 4 is 34.9 Å². The van der Waals surface area contributed by atoms with E-state index in [-0.39, 0.29) is 0 Å². The Labute approximate surface area is 145 Å². The van der Waals surface area contributed by atoms with Gasteiger partial charge in [-0.3, -0.25) is 9.98 Å². The number of aliphatic imine (C=N–C) groups is 1. The van der Waals surface area contributed by atoms with Crippen molar-refractivity contribution in [3.05, 3.63) is 58.7 Å². The number of nitrogens with two attached hydrogens (primary N) is 1. The molecule has 118 valence electrons. The van der Waals surface area contributed by atoms with Crippen LogP contribution in [0.15, 0.2) is 47.6 Å². The first-order valence-corrected chi connectivity index (χ1v) is 7.84. The molecule has 3 rings (SSSR count). The van der Waals surface area contributed by atoms with E-state index in [1.807, 2.05) is 36.4 Å². The third-order valence-electron chi connectivity index (χ3n) is 3.93. The summed E-state index contributed by atoms with van der Waals surface area (Å²) in [5.41, 5.74) is 10.6. The Morgan fingerprint density at radius 3 is 2.67 bits per heavy atom. The van der Waals surface area contributed by atoms with E-state index in [1.165, 1.54) is 6.20 Å². The molecule has 5 heteroatoms. The number of fused-ring (bicyclic) bond motifs is 1. The van der Waals surface area contributed by atoms with Gasteiger partial charge < -0.3 is 5.73 Å². The number of aromatic nitrogens is 1. The predicted molar refractivity (Wildman–Crippen MR) is 98.9 cm³/mol. The average molecular weight is 335 g/mol. The van der Waals surface area contributed by atoms with Crippen LogP contribution in [-0.4, -0.2) is 18.2 Å². The molecule has 0 amide bonds. The highest BCUT2D eigenvalue weighted by Crippen LogP contribution is 2.32. The van der Waals surface area contributed by atoms with E-state index in [9.17, 15) is 0 Å². The zero-order valence-corrected chi connectivity index (χ0v) is 13.7. The zero-order valence-electron chi connectivity index (χ0n) is 13.0. The third-order valence-corrected chi connectivity index (χ3v) is 4.33. The Bertz CT molecular complexity index is 973. The summed E-state index contributed by atoms with van der Waals surface area (Å²) in [4.78, 5) is 8.37. The van der Waals surface area contributed by atoms with E-state index in [0.717, 1.165) is 39.7 Å². The number of nitriles is 1. The first-order chi connectivity index (χ1) is 11.7. The molecule has 0 saturated carbocycles. The quantitative estimate of drug-likeness (QED) is 0.724. The van der Waals surface area contributed by atoms with Crippen molar-refractivity contribution in [1.82, 2.24) is 4.98 Å². The maximum atomic E-state index is 9.11. The minimum Gasteiger partial charge on any atom is -0.330 e. The lowest BCUT2D eigenvalue weighted by Crippen LogP contribution is -2.02. The minimum absolute atomic E-state index is 0.369. The highest BCUT2D eigenvalue weighted by molar-refractivity contribution is 6.36. The van der Waals surface area contributed by atoms with Crippen LogP contribution in [0.4, 0.5) is 5.69 Å². The van der Waals surface area contributed by atoms with Gasteiger partial charge in [0.15, 0.2) is 0 Å². The van der Waals surface area contributed by atoms with E-state index < -0.39 is 0 Å². The van der Waals surface area contributed by atoms with Gasteiger partial charge in [0.25, 0.3) is 0 Å². The molecule has 2 N–H and O–H groups in total. The normalized spacial score (nSPS) is 10.5. The van der Waals surface area contributed by atoms with Crippen molar-refractivity contribution in [3.63, 3.8) is 0 Å². The summed E-state index contributed by atoms with van der Waals surface area (Å²) in [7, 11) is 0. The second-order valence-corrected chi connectivity index (χ2v) is 5.75. The molecule has 0 saturated heterocycles. The van der Waals surface area contributed by atoms with E-state index >= 15 is 0 Å². The number of hydrogen-bond acceptors (Lipinski definition) is 4. The van der Waals surface area contributed by atoms with Crippen LogP contribution in [0, 0.1) is 11.3 Å². The molecule has 0 aliphatic carbocycles.